The Kier molecular flexibility index (Phi) is 5.84. The van der Waals surface area contributed by atoms with Gasteiger partial charge in [-0.25, -0.2) is 18.4 Å². The lowest BCUT2D eigenvalue weighted by Gasteiger charge is -2.62. The van der Waals surface area contributed by atoms with Crippen LogP contribution in [0.4, 0.5) is 13.6 Å². The fraction of sp³-hybridized carbons (Fsp3) is 0.774. The van der Waals surface area contributed by atoms with Crippen molar-refractivity contribution >= 4 is 17.9 Å². The number of ether oxygens (including phenoxy) is 2. The monoisotopic (exact) mass is 562 g/mol. The van der Waals surface area contributed by atoms with E-state index in [0.29, 0.717) is 5.92 Å². The number of carbonyl (C=O) groups is 3. The molecule has 9 heteroatoms. The molecule has 0 aliphatic heterocycles. The molecule has 0 aromatic rings. The van der Waals surface area contributed by atoms with Gasteiger partial charge in [-0.05, 0) is 80.9 Å². The molecular formula is C31H40F2O7. The van der Waals surface area contributed by atoms with Crippen LogP contribution >= 0.6 is 0 Å². The summed E-state index contributed by atoms with van der Waals surface area (Å²) in [5.41, 5.74) is -7.66. The van der Waals surface area contributed by atoms with Crippen LogP contribution in [0.5, 0.6) is 0 Å². The highest BCUT2D eigenvalue weighted by molar-refractivity contribution is 6.01. The molecule has 0 radical (unpaired) electrons. The second-order valence-electron chi connectivity index (χ2n) is 14.5. The van der Waals surface area contributed by atoms with E-state index in [4.69, 9.17) is 9.47 Å². The number of allylic oxidation sites excluding steroid dienone is 4. The standard InChI is InChI=1S/C31H40F2O7/c1-15-10-19-20-13-22(32)21-12-18(34)8-9-28(21,4)30(20,33)23(35)14-29(19,5)31(15,25(36)37)40-26(38)39-24-16-6-7-17(11-16)27(24,2)3/h8-9,12,15-17,19-20,22-24,35H,6-7,10-11,13-14H2,1-5H3,(H,36,37)/t15-,16-,17+,19+,20+,22+,23+,24-,28+,29+,30+,31+/m1/s1. The number of hydrogen-bond acceptors (Lipinski definition) is 6. The SMILES string of the molecule is C[C@@H]1C[C@H]2[C@@H]3C[C@H](F)C4=CC(=O)C=C[C@]4(C)[C@@]3(F)[C@@H](O)C[C@]2(C)[C@@]1(OC(=O)O[C@@H]1[C@@H]2CC[C@@H](C2)C1(C)C)C(=O)O. The maximum Gasteiger partial charge on any atom is 0.509 e. The Balaban J connectivity index is 1.36. The van der Waals surface area contributed by atoms with Crippen molar-refractivity contribution < 1.29 is 42.9 Å². The minimum atomic E-state index is -2.34. The topological polar surface area (TPSA) is 110 Å². The van der Waals surface area contributed by atoms with Gasteiger partial charge >= 0.3 is 12.1 Å². The first kappa shape index (κ1) is 27.9. The molecule has 0 spiro atoms. The second kappa shape index (κ2) is 8.39. The maximum absolute atomic E-state index is 17.4. The lowest BCUT2D eigenvalue weighted by atomic mass is 9.44. The number of halogens is 2. The van der Waals surface area contributed by atoms with Crippen LogP contribution in [0.15, 0.2) is 23.8 Å². The van der Waals surface area contributed by atoms with Gasteiger partial charge in [-0.1, -0.05) is 33.8 Å². The lowest BCUT2D eigenvalue weighted by molar-refractivity contribution is -0.233. The molecule has 0 aromatic carbocycles. The summed E-state index contributed by atoms with van der Waals surface area (Å²) < 4.78 is 44.9. The van der Waals surface area contributed by atoms with Gasteiger partial charge in [0.1, 0.15) is 12.3 Å². The van der Waals surface area contributed by atoms with E-state index in [-0.39, 0.29) is 36.2 Å². The normalized spacial score (nSPS) is 51.9. The average molecular weight is 563 g/mol. The molecule has 40 heavy (non-hydrogen) atoms. The Hall–Kier alpha value is -2.29. The molecule has 0 amide bonds. The van der Waals surface area contributed by atoms with Crippen LogP contribution in [0.2, 0.25) is 0 Å². The Morgan fingerprint density at radius 2 is 1.77 bits per heavy atom. The fourth-order valence-electron chi connectivity index (χ4n) is 10.6. The Morgan fingerprint density at radius 1 is 1.07 bits per heavy atom. The first-order chi connectivity index (χ1) is 18.5. The van der Waals surface area contributed by atoms with Crippen LogP contribution in [-0.2, 0) is 19.1 Å². The summed E-state index contributed by atoms with van der Waals surface area (Å²) in [5.74, 6) is -3.71. The molecule has 5 saturated carbocycles. The molecule has 12 atom stereocenters. The quantitative estimate of drug-likeness (QED) is 0.446. The molecule has 0 unspecified atom stereocenters. The number of aliphatic hydroxyl groups is 1. The third-order valence-electron chi connectivity index (χ3n) is 12.6. The predicted octanol–water partition coefficient (Wildman–Crippen LogP) is 5.35. The average Bonchev–Trinajstić information content (AvgIpc) is 3.50. The van der Waals surface area contributed by atoms with Crippen molar-refractivity contribution in [1.29, 1.82) is 0 Å². The molecule has 2 N–H and O–H groups in total. The molecule has 220 valence electrons. The van der Waals surface area contributed by atoms with Crippen LogP contribution in [0, 0.1) is 45.8 Å². The third kappa shape index (κ3) is 3.16. The molecule has 0 saturated heterocycles. The van der Waals surface area contributed by atoms with Gasteiger partial charge in [0, 0.05) is 28.1 Å². The number of fused-ring (bicyclic) bond motifs is 7. The number of carboxylic acids is 1. The van der Waals surface area contributed by atoms with E-state index < -0.39 is 76.1 Å². The molecule has 0 aromatic heterocycles. The van der Waals surface area contributed by atoms with Crippen LogP contribution < -0.4 is 0 Å². The molecule has 6 aliphatic carbocycles. The summed E-state index contributed by atoms with van der Waals surface area (Å²) in [5, 5.41) is 22.2. The first-order valence-corrected chi connectivity index (χ1v) is 14.6. The number of ketones is 1. The van der Waals surface area contributed by atoms with Crippen molar-refractivity contribution in [3.05, 3.63) is 23.8 Å². The van der Waals surface area contributed by atoms with Crippen molar-refractivity contribution in [2.75, 3.05) is 0 Å². The lowest BCUT2D eigenvalue weighted by Crippen LogP contribution is -2.71. The third-order valence-corrected chi connectivity index (χ3v) is 12.6. The molecule has 0 heterocycles. The van der Waals surface area contributed by atoms with Crippen LogP contribution in [-0.4, -0.2) is 57.8 Å². The van der Waals surface area contributed by atoms with Gasteiger partial charge in [0.05, 0.1) is 6.10 Å². The van der Waals surface area contributed by atoms with Gasteiger partial charge in [0.25, 0.3) is 0 Å². The maximum atomic E-state index is 17.4. The van der Waals surface area contributed by atoms with Crippen LogP contribution in [0.1, 0.15) is 73.1 Å². The van der Waals surface area contributed by atoms with E-state index in [1.54, 1.807) is 13.8 Å². The van der Waals surface area contributed by atoms with Gasteiger partial charge in [0.15, 0.2) is 11.5 Å². The fourth-order valence-corrected chi connectivity index (χ4v) is 10.6. The molecule has 5 fully saturated rings. The smallest absolute Gasteiger partial charge is 0.478 e. The summed E-state index contributed by atoms with van der Waals surface area (Å²) >= 11 is 0. The van der Waals surface area contributed by atoms with E-state index in [0.717, 1.165) is 25.3 Å². The van der Waals surface area contributed by atoms with Gasteiger partial charge in [0.2, 0.25) is 5.60 Å². The van der Waals surface area contributed by atoms with Gasteiger partial charge < -0.3 is 19.7 Å². The summed E-state index contributed by atoms with van der Waals surface area (Å²) in [6.45, 7) is 8.89. The van der Waals surface area contributed by atoms with Crippen molar-refractivity contribution in [2.24, 2.45) is 45.8 Å². The number of carbonyl (C=O) groups excluding carboxylic acids is 2. The summed E-state index contributed by atoms with van der Waals surface area (Å²) in [7, 11) is 0. The van der Waals surface area contributed by atoms with Crippen LogP contribution in [0.25, 0.3) is 0 Å². The number of aliphatic hydroxyl groups excluding tert-OH is 1. The number of carboxylic acid groups (broad SMARTS) is 1. The van der Waals surface area contributed by atoms with Crippen molar-refractivity contribution in [2.45, 2.75) is 103 Å². The zero-order valence-corrected chi connectivity index (χ0v) is 23.8. The number of hydrogen-bond donors (Lipinski definition) is 2. The summed E-state index contributed by atoms with van der Waals surface area (Å²) in [4.78, 5) is 38.6. The second-order valence-corrected chi connectivity index (χ2v) is 14.5. The zero-order chi connectivity index (χ0) is 29.2. The number of alkyl halides is 2. The zero-order valence-electron chi connectivity index (χ0n) is 23.8. The van der Waals surface area contributed by atoms with Crippen molar-refractivity contribution in [1.82, 2.24) is 0 Å². The highest BCUT2D eigenvalue weighted by Crippen LogP contribution is 2.71. The van der Waals surface area contributed by atoms with E-state index in [1.165, 1.54) is 19.1 Å². The van der Waals surface area contributed by atoms with E-state index >= 15 is 8.78 Å². The summed E-state index contributed by atoms with van der Waals surface area (Å²) in [6.07, 6.45) is 1.42. The number of aliphatic carboxylic acids is 1. The Bertz CT molecular complexity index is 1230. The van der Waals surface area contributed by atoms with Crippen molar-refractivity contribution in [3.63, 3.8) is 0 Å². The predicted molar refractivity (Wildman–Crippen MR) is 140 cm³/mol. The Morgan fingerprint density at radius 3 is 2.40 bits per heavy atom. The first-order valence-electron chi connectivity index (χ1n) is 14.6. The highest BCUT2D eigenvalue weighted by Gasteiger charge is 2.78. The number of rotatable bonds is 3. The van der Waals surface area contributed by atoms with E-state index in [9.17, 15) is 24.6 Å². The Labute approximate surface area is 233 Å². The van der Waals surface area contributed by atoms with Gasteiger partial charge in [-0.2, -0.15) is 0 Å². The van der Waals surface area contributed by atoms with Crippen molar-refractivity contribution in [3.8, 4) is 0 Å². The largest absolute Gasteiger partial charge is 0.509 e. The minimum Gasteiger partial charge on any atom is -0.478 e. The molecular weight excluding hydrogens is 522 g/mol. The van der Waals surface area contributed by atoms with Gasteiger partial charge in [-0.15, -0.1) is 0 Å². The minimum absolute atomic E-state index is 0.00486. The van der Waals surface area contributed by atoms with E-state index in [2.05, 4.69) is 13.8 Å². The molecule has 6 rings (SSSR count). The van der Waals surface area contributed by atoms with Crippen LogP contribution in [0.3, 0.4) is 0 Å². The molecule has 2 bridgehead atoms. The van der Waals surface area contributed by atoms with E-state index in [1.807, 2.05) is 0 Å². The highest BCUT2D eigenvalue weighted by atomic mass is 19.1. The summed E-state index contributed by atoms with van der Waals surface area (Å²) in [6, 6.07) is 0. The molecule has 6 aliphatic rings. The molecule has 7 nitrogen and oxygen atoms in total. The van der Waals surface area contributed by atoms with Gasteiger partial charge in [-0.3, -0.25) is 4.79 Å².